The van der Waals surface area contributed by atoms with E-state index in [9.17, 15) is 18.0 Å². The number of alkyl halides is 3. The van der Waals surface area contributed by atoms with Gasteiger partial charge in [-0.3, -0.25) is 4.79 Å². The summed E-state index contributed by atoms with van der Waals surface area (Å²) in [4.78, 5) is 14.9. The van der Waals surface area contributed by atoms with Crippen molar-refractivity contribution in [2.75, 3.05) is 13.2 Å². The number of nitrogens with one attached hydrogen (secondary N) is 2. The van der Waals surface area contributed by atoms with Crippen LogP contribution in [-0.4, -0.2) is 48.3 Å². The van der Waals surface area contributed by atoms with Crippen molar-refractivity contribution in [2.45, 2.75) is 89.5 Å². The smallest absolute Gasteiger partial charge is 0.339 e. The van der Waals surface area contributed by atoms with Crippen molar-refractivity contribution in [3.05, 3.63) is 0 Å². The summed E-state index contributed by atoms with van der Waals surface area (Å²) in [6.45, 7) is 5.70. The van der Waals surface area contributed by atoms with Gasteiger partial charge >= 0.3 is 6.18 Å². The summed E-state index contributed by atoms with van der Waals surface area (Å²) in [6, 6.07) is 1.09. The first-order valence-electron chi connectivity index (χ1n) is 11.6. The standard InChI is InChI=1S/C22H36F3N3O/c1-13(9-20-14(2)26-12-27-20)15-5-3-6-16(10-15)28-11-18-17(21(28)29)7-4-8-19(18)22(23,24)25/h13-20,26-27H,3-12H2,1-2H3/t13-,14?,15?,16?,17?,18?,19?,20?/m1/s1. The van der Waals surface area contributed by atoms with E-state index in [1.54, 1.807) is 0 Å². The summed E-state index contributed by atoms with van der Waals surface area (Å²) in [5.74, 6) is -1.10. The molecule has 4 rings (SSSR count). The molecule has 4 nitrogen and oxygen atoms in total. The van der Waals surface area contributed by atoms with Crippen molar-refractivity contribution >= 4 is 5.91 Å². The van der Waals surface area contributed by atoms with Crippen molar-refractivity contribution < 1.29 is 18.0 Å². The normalized spacial score (nSPS) is 42.2. The number of carbonyl (C=O) groups excluding carboxylic acids is 1. The van der Waals surface area contributed by atoms with Gasteiger partial charge in [-0.2, -0.15) is 13.2 Å². The molecule has 2 aliphatic heterocycles. The molecule has 0 aromatic rings. The summed E-state index contributed by atoms with van der Waals surface area (Å²) in [7, 11) is 0. The molecule has 0 bridgehead atoms. The average molecular weight is 416 g/mol. The lowest BCUT2D eigenvalue weighted by Gasteiger charge is -2.39. The number of hydrogen-bond acceptors (Lipinski definition) is 3. The monoisotopic (exact) mass is 415 g/mol. The summed E-state index contributed by atoms with van der Waals surface area (Å²) in [6.07, 6.45) is 2.44. The van der Waals surface area contributed by atoms with Gasteiger partial charge in [-0.1, -0.05) is 26.2 Å². The molecule has 166 valence electrons. The Morgan fingerprint density at radius 1 is 1.14 bits per heavy atom. The Bertz CT molecular complexity index is 598. The quantitative estimate of drug-likeness (QED) is 0.732. The maximum Gasteiger partial charge on any atom is 0.392 e. The van der Waals surface area contributed by atoms with Crippen LogP contribution in [0.1, 0.15) is 65.2 Å². The van der Waals surface area contributed by atoms with Crippen LogP contribution in [0.4, 0.5) is 13.2 Å². The second kappa shape index (κ2) is 8.37. The van der Waals surface area contributed by atoms with E-state index in [1.165, 1.54) is 6.42 Å². The van der Waals surface area contributed by atoms with Gasteiger partial charge in [-0.15, -0.1) is 0 Å². The number of rotatable bonds is 4. The van der Waals surface area contributed by atoms with Crippen molar-refractivity contribution in [3.8, 4) is 0 Å². The van der Waals surface area contributed by atoms with E-state index in [4.69, 9.17) is 0 Å². The molecule has 2 saturated heterocycles. The average Bonchev–Trinajstić information content (AvgIpc) is 3.24. The highest BCUT2D eigenvalue weighted by molar-refractivity contribution is 5.82. The molecule has 29 heavy (non-hydrogen) atoms. The Balaban J connectivity index is 1.40. The van der Waals surface area contributed by atoms with E-state index in [-0.39, 0.29) is 18.4 Å². The summed E-state index contributed by atoms with van der Waals surface area (Å²) in [5, 5.41) is 6.95. The SMILES string of the molecule is CC1NCNC1C[C@@H](C)C1CCCC(N2CC3C(CCCC3C(F)(F)F)C2=O)C1. The van der Waals surface area contributed by atoms with Gasteiger partial charge in [0.1, 0.15) is 0 Å². The van der Waals surface area contributed by atoms with Crippen LogP contribution in [0.2, 0.25) is 0 Å². The van der Waals surface area contributed by atoms with Crippen molar-refractivity contribution in [3.63, 3.8) is 0 Å². The summed E-state index contributed by atoms with van der Waals surface area (Å²) >= 11 is 0. The summed E-state index contributed by atoms with van der Waals surface area (Å²) in [5.41, 5.74) is 0. The van der Waals surface area contributed by atoms with Gasteiger partial charge in [0.05, 0.1) is 5.92 Å². The predicted molar refractivity (Wildman–Crippen MR) is 106 cm³/mol. The maximum atomic E-state index is 13.5. The molecule has 1 amide bonds. The highest BCUT2D eigenvalue weighted by Crippen LogP contribution is 2.49. The Labute approximate surface area is 172 Å². The molecule has 0 radical (unpaired) electrons. The number of nitrogens with zero attached hydrogens (tertiary/aromatic N) is 1. The van der Waals surface area contributed by atoms with E-state index in [0.717, 1.165) is 32.4 Å². The first-order valence-corrected chi connectivity index (χ1v) is 11.6. The molecular weight excluding hydrogens is 379 g/mol. The van der Waals surface area contributed by atoms with Crippen molar-refractivity contribution in [1.29, 1.82) is 0 Å². The van der Waals surface area contributed by atoms with E-state index >= 15 is 0 Å². The zero-order chi connectivity index (χ0) is 20.8. The number of amides is 1. The van der Waals surface area contributed by atoms with Gasteiger partial charge in [-0.05, 0) is 56.8 Å². The molecule has 7 unspecified atom stereocenters. The van der Waals surface area contributed by atoms with Gasteiger partial charge in [-0.25, -0.2) is 0 Å². The minimum absolute atomic E-state index is 0.0116. The Hall–Kier alpha value is -0.820. The van der Waals surface area contributed by atoms with Crippen molar-refractivity contribution in [1.82, 2.24) is 15.5 Å². The van der Waals surface area contributed by atoms with E-state index in [1.807, 2.05) is 4.90 Å². The predicted octanol–water partition coefficient (Wildman–Crippen LogP) is 3.92. The molecule has 4 fully saturated rings. The maximum absolute atomic E-state index is 13.5. The Morgan fingerprint density at radius 2 is 1.90 bits per heavy atom. The van der Waals surface area contributed by atoms with Crippen molar-refractivity contribution in [2.24, 2.45) is 29.6 Å². The van der Waals surface area contributed by atoms with Gasteiger partial charge < -0.3 is 15.5 Å². The van der Waals surface area contributed by atoms with Crippen LogP contribution in [0.15, 0.2) is 0 Å². The van der Waals surface area contributed by atoms with Gasteiger partial charge in [0.25, 0.3) is 0 Å². The third-order valence-electron chi connectivity index (χ3n) is 8.44. The van der Waals surface area contributed by atoms with Crippen LogP contribution >= 0.6 is 0 Å². The minimum atomic E-state index is -4.18. The fourth-order valence-corrected chi connectivity index (χ4v) is 6.64. The lowest BCUT2D eigenvalue weighted by molar-refractivity contribution is -0.198. The fraction of sp³-hybridized carbons (Fsp3) is 0.955. The van der Waals surface area contributed by atoms with Crippen LogP contribution in [0.5, 0.6) is 0 Å². The number of hydrogen-bond donors (Lipinski definition) is 2. The second-order valence-corrected chi connectivity index (χ2v) is 10.1. The van der Waals surface area contributed by atoms with Crippen LogP contribution in [-0.2, 0) is 4.79 Å². The van der Waals surface area contributed by atoms with Gasteiger partial charge in [0.15, 0.2) is 0 Å². The van der Waals surface area contributed by atoms with E-state index in [0.29, 0.717) is 43.3 Å². The Morgan fingerprint density at radius 3 is 2.59 bits per heavy atom. The van der Waals surface area contributed by atoms with Crippen LogP contribution in [0.25, 0.3) is 0 Å². The van der Waals surface area contributed by atoms with E-state index < -0.39 is 23.9 Å². The Kier molecular flexibility index (Phi) is 6.18. The third kappa shape index (κ3) is 4.32. The molecule has 2 heterocycles. The second-order valence-electron chi connectivity index (χ2n) is 10.1. The largest absolute Gasteiger partial charge is 0.392 e. The molecular formula is C22H36F3N3O. The van der Waals surface area contributed by atoms with Crippen LogP contribution < -0.4 is 10.6 Å². The molecule has 7 heteroatoms. The zero-order valence-electron chi connectivity index (χ0n) is 17.7. The number of likely N-dealkylation sites (tertiary alicyclic amines) is 1. The van der Waals surface area contributed by atoms with E-state index in [2.05, 4.69) is 24.5 Å². The highest BCUT2D eigenvalue weighted by Gasteiger charge is 2.55. The minimum Gasteiger partial charge on any atom is -0.339 e. The van der Waals surface area contributed by atoms with Gasteiger partial charge in [0.2, 0.25) is 5.91 Å². The lowest BCUT2D eigenvalue weighted by Crippen LogP contribution is -2.42. The summed E-state index contributed by atoms with van der Waals surface area (Å²) < 4.78 is 40.6. The lowest BCUT2D eigenvalue weighted by atomic mass is 9.73. The molecule has 0 spiro atoms. The zero-order valence-corrected chi connectivity index (χ0v) is 17.7. The van der Waals surface area contributed by atoms with Gasteiger partial charge in [0, 0.05) is 37.3 Å². The van der Waals surface area contributed by atoms with Crippen LogP contribution in [0, 0.1) is 29.6 Å². The number of fused-ring (bicyclic) bond motifs is 1. The first-order chi connectivity index (χ1) is 13.8. The molecule has 0 aromatic heterocycles. The third-order valence-corrected chi connectivity index (χ3v) is 8.44. The van der Waals surface area contributed by atoms with Crippen LogP contribution in [0.3, 0.4) is 0 Å². The molecule has 8 atom stereocenters. The fourth-order valence-electron chi connectivity index (χ4n) is 6.64. The first kappa shape index (κ1) is 21.4. The molecule has 2 N–H and O–H groups in total. The molecule has 2 saturated carbocycles. The number of carbonyl (C=O) groups is 1. The molecule has 2 aliphatic carbocycles. The molecule has 0 aromatic carbocycles. The molecule has 4 aliphatic rings. The number of halogens is 3. The highest BCUT2D eigenvalue weighted by atomic mass is 19.4. The topological polar surface area (TPSA) is 44.4 Å².